The lowest BCUT2D eigenvalue weighted by Crippen LogP contribution is -1.99. The molecule has 0 saturated heterocycles. The Morgan fingerprint density at radius 1 is 1.44 bits per heavy atom. The van der Waals surface area contributed by atoms with Gasteiger partial charge in [0.1, 0.15) is 5.75 Å². The van der Waals surface area contributed by atoms with Crippen LogP contribution in [0.5, 0.6) is 5.75 Å². The topological polar surface area (TPSA) is 24.8 Å². The van der Waals surface area contributed by atoms with E-state index in [2.05, 4.69) is 5.10 Å². The van der Waals surface area contributed by atoms with E-state index in [1.165, 1.54) is 0 Å². The third-order valence-corrected chi connectivity index (χ3v) is 4.21. The van der Waals surface area contributed by atoms with Crippen LogP contribution in [0.3, 0.4) is 0 Å². The molecule has 0 bridgehead atoms. The normalized spacial score (nSPS) is 15.3. The maximum Gasteiger partial charge on any atom is 0.118 e. The molecule has 1 heterocycles. The van der Waals surface area contributed by atoms with Gasteiger partial charge in [0, 0.05) is 18.0 Å². The Hall–Kier alpha value is -0.640. The van der Waals surface area contributed by atoms with Crippen LogP contribution >= 0.6 is 18.1 Å². The summed E-state index contributed by atoms with van der Waals surface area (Å²) in [5.41, 5.74) is 2.28. The molecule has 0 amide bonds. The van der Waals surface area contributed by atoms with Gasteiger partial charge in [0.05, 0.1) is 25.9 Å². The summed E-state index contributed by atoms with van der Waals surface area (Å²) in [5.74, 6) is 0.873. The summed E-state index contributed by atoms with van der Waals surface area (Å²) in [4.78, 5) is 0. The Balaban J connectivity index is 2.12. The third-order valence-electron chi connectivity index (χ3n) is 2.32. The van der Waals surface area contributed by atoms with Crippen molar-refractivity contribution in [2.24, 2.45) is 5.10 Å². The van der Waals surface area contributed by atoms with E-state index >= 15 is 0 Å². The van der Waals surface area contributed by atoms with E-state index in [1.54, 1.807) is 18.7 Å². The van der Waals surface area contributed by atoms with Crippen molar-refractivity contribution in [1.29, 1.82) is 0 Å². The number of benzene rings is 1. The SMILES string of the molecule is COc1ccc(C2=NN(SP=S)CC2)cc1. The van der Waals surface area contributed by atoms with Crippen LogP contribution in [-0.2, 0) is 11.8 Å². The van der Waals surface area contributed by atoms with Crippen LogP contribution in [0.25, 0.3) is 0 Å². The first-order chi connectivity index (χ1) is 7.83. The van der Waals surface area contributed by atoms with Gasteiger partial charge in [-0.3, -0.25) is 0 Å². The number of hydrogen-bond acceptors (Lipinski definition) is 5. The van der Waals surface area contributed by atoms with E-state index in [-0.39, 0.29) is 0 Å². The zero-order valence-corrected chi connectivity index (χ0v) is 11.3. The fourth-order valence-corrected chi connectivity index (χ4v) is 3.18. The zero-order chi connectivity index (χ0) is 11.4. The summed E-state index contributed by atoms with van der Waals surface area (Å²) in [6.07, 6.45) is 0.976. The molecule has 0 aliphatic carbocycles. The predicted molar refractivity (Wildman–Crippen MR) is 72.7 cm³/mol. The predicted octanol–water partition coefficient (Wildman–Crippen LogP) is 3.08. The van der Waals surface area contributed by atoms with Gasteiger partial charge in [0.15, 0.2) is 0 Å². The summed E-state index contributed by atoms with van der Waals surface area (Å²) >= 11 is 6.44. The van der Waals surface area contributed by atoms with Crippen LogP contribution < -0.4 is 4.74 Å². The van der Waals surface area contributed by atoms with Crippen molar-refractivity contribution in [1.82, 2.24) is 4.41 Å². The largest absolute Gasteiger partial charge is 0.497 e. The zero-order valence-electron chi connectivity index (χ0n) is 8.79. The van der Waals surface area contributed by atoms with Crippen molar-refractivity contribution in [3.63, 3.8) is 0 Å². The number of rotatable bonds is 4. The number of hydrazone groups is 1. The summed E-state index contributed by atoms with van der Waals surface area (Å²) in [6.45, 7) is 1.81. The second kappa shape index (κ2) is 5.62. The summed E-state index contributed by atoms with van der Waals surface area (Å²) in [7, 11) is 1.67. The highest BCUT2D eigenvalue weighted by molar-refractivity contribution is 8.56. The van der Waals surface area contributed by atoms with Crippen LogP contribution in [-0.4, -0.2) is 23.8 Å². The molecule has 0 saturated carbocycles. The van der Waals surface area contributed by atoms with Crippen molar-refractivity contribution in [2.75, 3.05) is 13.7 Å². The highest BCUT2D eigenvalue weighted by Crippen LogP contribution is 2.28. The minimum atomic E-state index is 0.868. The molecule has 0 N–H and O–H groups in total. The van der Waals surface area contributed by atoms with Crippen LogP contribution in [0.4, 0.5) is 0 Å². The second-order valence-electron chi connectivity index (χ2n) is 3.26. The van der Waals surface area contributed by atoms with Gasteiger partial charge >= 0.3 is 0 Å². The molecule has 1 aromatic carbocycles. The highest BCUT2D eigenvalue weighted by atomic mass is 32.9. The maximum absolute atomic E-state index is 5.12. The van der Waals surface area contributed by atoms with Gasteiger partial charge in [0.2, 0.25) is 0 Å². The molecule has 0 unspecified atom stereocenters. The lowest BCUT2D eigenvalue weighted by Gasteiger charge is -2.05. The van der Waals surface area contributed by atoms with Crippen molar-refractivity contribution in [2.45, 2.75) is 6.42 Å². The fraction of sp³-hybridized carbons (Fsp3) is 0.300. The first kappa shape index (κ1) is 11.8. The Kier molecular flexibility index (Phi) is 4.16. The smallest absolute Gasteiger partial charge is 0.118 e. The van der Waals surface area contributed by atoms with Gasteiger partial charge in [-0.1, -0.05) is 0 Å². The van der Waals surface area contributed by atoms with Crippen LogP contribution in [0.1, 0.15) is 12.0 Å². The number of ether oxygens (including phenoxy) is 1. The molecule has 84 valence electrons. The van der Waals surface area contributed by atoms with Crippen molar-refractivity contribution < 1.29 is 4.74 Å². The molecule has 2 rings (SSSR count). The molecule has 6 heteroatoms. The molecule has 0 atom stereocenters. The van der Waals surface area contributed by atoms with E-state index in [4.69, 9.17) is 16.5 Å². The van der Waals surface area contributed by atoms with E-state index in [0.29, 0.717) is 0 Å². The Bertz CT molecular complexity index is 408. The first-order valence-electron chi connectivity index (χ1n) is 4.82. The summed E-state index contributed by atoms with van der Waals surface area (Å²) in [6, 6.07) is 7.99. The molecule has 0 aromatic heterocycles. The lowest BCUT2D eigenvalue weighted by molar-refractivity contribution is 0.415. The molecule has 0 radical (unpaired) electrons. The van der Waals surface area contributed by atoms with E-state index in [1.807, 2.05) is 28.7 Å². The van der Waals surface area contributed by atoms with Crippen LogP contribution in [0.15, 0.2) is 29.4 Å². The first-order valence-corrected chi connectivity index (χ1v) is 8.11. The fourth-order valence-electron chi connectivity index (χ4n) is 1.52. The quantitative estimate of drug-likeness (QED) is 0.620. The standard InChI is InChI=1S/C10H11N2OPS2/c1-13-9-4-2-8(3-5-9)10-6-7-12(11-10)16-14-15/h2-5H,6-7H2,1H3. The highest BCUT2D eigenvalue weighted by Gasteiger charge is 2.15. The van der Waals surface area contributed by atoms with Crippen LogP contribution in [0.2, 0.25) is 0 Å². The molecule has 0 spiro atoms. The number of methoxy groups -OCH3 is 1. The molecule has 1 aliphatic heterocycles. The molecule has 3 nitrogen and oxygen atoms in total. The number of hydrogen-bond donors (Lipinski definition) is 0. The minimum absolute atomic E-state index is 0.868. The number of nitrogens with zero attached hydrogens (tertiary/aromatic N) is 2. The van der Waals surface area contributed by atoms with Gasteiger partial charge in [-0.25, -0.2) is 4.41 Å². The van der Waals surface area contributed by atoms with Crippen LogP contribution in [0, 0.1) is 0 Å². The monoisotopic (exact) mass is 270 g/mol. The summed E-state index contributed by atoms with van der Waals surface area (Å²) < 4.78 is 7.07. The second-order valence-corrected chi connectivity index (χ2v) is 6.27. The maximum atomic E-state index is 5.12. The average molecular weight is 270 g/mol. The van der Waals surface area contributed by atoms with Crippen molar-refractivity contribution >= 4 is 35.6 Å². The van der Waals surface area contributed by atoms with Gasteiger partial charge in [0.25, 0.3) is 0 Å². The molecule has 0 fully saturated rings. The van der Waals surface area contributed by atoms with Gasteiger partial charge in [-0.05, 0) is 41.6 Å². The molecule has 1 aliphatic rings. The average Bonchev–Trinajstić information content (AvgIpc) is 2.78. The van der Waals surface area contributed by atoms with Crippen molar-refractivity contribution in [3.8, 4) is 5.75 Å². The van der Waals surface area contributed by atoms with E-state index in [9.17, 15) is 0 Å². The molecule has 16 heavy (non-hydrogen) atoms. The third kappa shape index (κ3) is 2.73. The molecular formula is C10H11N2OPS2. The Labute approximate surface area is 106 Å². The molecular weight excluding hydrogens is 259 g/mol. The van der Waals surface area contributed by atoms with Crippen molar-refractivity contribution in [3.05, 3.63) is 29.8 Å². The van der Waals surface area contributed by atoms with E-state index in [0.717, 1.165) is 36.5 Å². The van der Waals surface area contributed by atoms with E-state index < -0.39 is 0 Å². The van der Waals surface area contributed by atoms with Gasteiger partial charge in [-0.2, -0.15) is 5.10 Å². The summed E-state index contributed by atoms with van der Waals surface area (Å²) in [5, 5.41) is 4.50. The minimum Gasteiger partial charge on any atom is -0.497 e. The Morgan fingerprint density at radius 3 is 2.81 bits per heavy atom. The molecule has 1 aromatic rings. The Morgan fingerprint density at radius 2 is 2.19 bits per heavy atom. The van der Waals surface area contributed by atoms with Gasteiger partial charge < -0.3 is 4.74 Å². The van der Waals surface area contributed by atoms with Gasteiger partial charge in [-0.15, -0.1) is 0 Å². The lowest BCUT2D eigenvalue weighted by atomic mass is 10.1.